The molecule has 3 atom stereocenters. The zero-order valence-corrected chi connectivity index (χ0v) is 19.6. The van der Waals surface area contributed by atoms with Crippen LogP contribution in [-0.4, -0.2) is 54.1 Å². The average molecular weight is 475 g/mol. The Morgan fingerprint density at radius 3 is 2.82 bits per heavy atom. The van der Waals surface area contributed by atoms with E-state index in [1.54, 1.807) is 6.92 Å². The number of nitrogens with zero attached hydrogens (tertiary/aromatic N) is 2. The SMILES string of the molecule is CC1=N/C(=C2\CN(C(=O)c3ccc(F)cc3OCC3CC(C)C(N)N3)CC2=N)NC(C)=C1Cl. The molecule has 5 N–H and O–H groups in total. The topological polar surface area (TPSA) is 116 Å². The molecule has 1 amide bonds. The maximum Gasteiger partial charge on any atom is 0.258 e. The number of carbonyl (C=O) groups excluding carboxylic acids is 1. The van der Waals surface area contributed by atoms with E-state index in [1.807, 2.05) is 6.92 Å². The second-order valence-corrected chi connectivity index (χ2v) is 9.16. The highest BCUT2D eigenvalue weighted by atomic mass is 35.5. The van der Waals surface area contributed by atoms with Crippen LogP contribution in [-0.2, 0) is 0 Å². The first-order valence-electron chi connectivity index (χ1n) is 10.9. The Labute approximate surface area is 197 Å². The fraction of sp³-hybridized carbons (Fsp3) is 0.435. The Kier molecular flexibility index (Phi) is 6.56. The van der Waals surface area contributed by atoms with Gasteiger partial charge >= 0.3 is 0 Å². The molecule has 0 saturated carbocycles. The molecule has 0 radical (unpaired) electrons. The minimum atomic E-state index is -0.488. The Morgan fingerprint density at radius 2 is 2.15 bits per heavy atom. The number of hydrogen-bond donors (Lipinski definition) is 4. The molecule has 0 aliphatic carbocycles. The molecule has 10 heteroatoms. The maximum atomic E-state index is 14.0. The van der Waals surface area contributed by atoms with Crippen LogP contribution in [0.15, 0.2) is 45.3 Å². The number of allylic oxidation sites excluding steroid dienone is 2. The zero-order valence-electron chi connectivity index (χ0n) is 18.8. The largest absolute Gasteiger partial charge is 0.491 e. The highest BCUT2D eigenvalue weighted by Gasteiger charge is 2.33. The molecule has 0 bridgehead atoms. The Morgan fingerprint density at radius 1 is 1.39 bits per heavy atom. The summed E-state index contributed by atoms with van der Waals surface area (Å²) in [5.74, 6) is 0.179. The quantitative estimate of drug-likeness (QED) is 0.535. The summed E-state index contributed by atoms with van der Waals surface area (Å²) < 4.78 is 19.8. The molecule has 176 valence electrons. The van der Waals surface area contributed by atoms with Crippen molar-refractivity contribution in [1.29, 1.82) is 5.41 Å². The van der Waals surface area contributed by atoms with Crippen molar-refractivity contribution < 1.29 is 13.9 Å². The summed E-state index contributed by atoms with van der Waals surface area (Å²) in [6.45, 7) is 6.28. The second kappa shape index (κ2) is 9.24. The minimum absolute atomic E-state index is 0.0270. The fourth-order valence-corrected chi connectivity index (χ4v) is 4.34. The summed E-state index contributed by atoms with van der Waals surface area (Å²) in [4.78, 5) is 19.3. The third-order valence-electron chi connectivity index (χ3n) is 6.18. The molecule has 1 aromatic rings. The molecule has 3 heterocycles. The van der Waals surface area contributed by atoms with Crippen LogP contribution in [0.3, 0.4) is 0 Å². The van der Waals surface area contributed by atoms with Crippen LogP contribution >= 0.6 is 11.6 Å². The molecule has 2 saturated heterocycles. The van der Waals surface area contributed by atoms with E-state index in [-0.39, 0.29) is 54.8 Å². The number of nitrogens with one attached hydrogen (secondary N) is 3. The zero-order chi connectivity index (χ0) is 23.9. The fourth-order valence-electron chi connectivity index (χ4n) is 4.25. The van der Waals surface area contributed by atoms with Gasteiger partial charge in [0, 0.05) is 23.4 Å². The highest BCUT2D eigenvalue weighted by molar-refractivity contribution is 6.43. The van der Waals surface area contributed by atoms with Crippen LogP contribution in [0.4, 0.5) is 4.39 Å². The smallest absolute Gasteiger partial charge is 0.258 e. The van der Waals surface area contributed by atoms with Crippen molar-refractivity contribution in [2.24, 2.45) is 16.6 Å². The van der Waals surface area contributed by atoms with E-state index in [0.717, 1.165) is 12.1 Å². The van der Waals surface area contributed by atoms with Crippen LogP contribution < -0.4 is 21.1 Å². The van der Waals surface area contributed by atoms with Crippen molar-refractivity contribution >= 4 is 28.9 Å². The Balaban J connectivity index is 1.52. The van der Waals surface area contributed by atoms with E-state index >= 15 is 0 Å². The molecule has 4 rings (SSSR count). The summed E-state index contributed by atoms with van der Waals surface area (Å²) in [5.41, 5.74) is 8.55. The first kappa shape index (κ1) is 23.4. The summed E-state index contributed by atoms with van der Waals surface area (Å²) in [5, 5.41) is 15.3. The van der Waals surface area contributed by atoms with Crippen molar-refractivity contribution in [2.45, 2.75) is 39.4 Å². The predicted octanol–water partition coefficient (Wildman–Crippen LogP) is 2.71. The molecular weight excluding hydrogens is 447 g/mol. The van der Waals surface area contributed by atoms with Gasteiger partial charge in [-0.2, -0.15) is 0 Å². The summed E-state index contributed by atoms with van der Waals surface area (Å²) in [6.07, 6.45) is 0.729. The van der Waals surface area contributed by atoms with Gasteiger partial charge in [0.15, 0.2) is 0 Å². The van der Waals surface area contributed by atoms with E-state index in [1.165, 1.54) is 23.1 Å². The van der Waals surface area contributed by atoms with Gasteiger partial charge in [0.25, 0.3) is 5.91 Å². The van der Waals surface area contributed by atoms with Gasteiger partial charge in [-0.1, -0.05) is 18.5 Å². The van der Waals surface area contributed by atoms with Crippen LogP contribution in [0.1, 0.15) is 37.6 Å². The van der Waals surface area contributed by atoms with Gasteiger partial charge in [0.2, 0.25) is 0 Å². The molecule has 33 heavy (non-hydrogen) atoms. The average Bonchev–Trinajstić information content (AvgIpc) is 3.31. The Bertz CT molecular complexity index is 1090. The van der Waals surface area contributed by atoms with Crippen LogP contribution in [0.25, 0.3) is 0 Å². The van der Waals surface area contributed by atoms with Crippen LogP contribution in [0, 0.1) is 17.1 Å². The van der Waals surface area contributed by atoms with Gasteiger partial charge in [-0.3, -0.25) is 10.1 Å². The molecule has 1 aromatic carbocycles. The predicted molar refractivity (Wildman–Crippen MR) is 126 cm³/mol. The number of aliphatic imine (C=N–C) groups is 1. The summed E-state index contributed by atoms with van der Waals surface area (Å²) in [7, 11) is 0. The molecule has 0 aromatic heterocycles. The van der Waals surface area contributed by atoms with Gasteiger partial charge < -0.3 is 26.1 Å². The number of benzene rings is 1. The van der Waals surface area contributed by atoms with Crippen molar-refractivity contribution in [3.8, 4) is 5.75 Å². The first-order valence-corrected chi connectivity index (χ1v) is 11.2. The number of likely N-dealkylation sites (tertiary alicyclic amines) is 1. The monoisotopic (exact) mass is 474 g/mol. The van der Waals surface area contributed by atoms with Gasteiger partial charge in [-0.15, -0.1) is 0 Å². The van der Waals surface area contributed by atoms with Crippen molar-refractivity contribution in [1.82, 2.24) is 15.5 Å². The van der Waals surface area contributed by atoms with Gasteiger partial charge in [0.05, 0.1) is 41.3 Å². The molecule has 2 fully saturated rings. The van der Waals surface area contributed by atoms with Crippen LogP contribution in [0.5, 0.6) is 5.75 Å². The molecule has 8 nitrogen and oxygen atoms in total. The lowest BCUT2D eigenvalue weighted by molar-refractivity contribution is 0.0799. The van der Waals surface area contributed by atoms with Crippen molar-refractivity contribution in [2.75, 3.05) is 19.7 Å². The lowest BCUT2D eigenvalue weighted by Crippen LogP contribution is -2.40. The Hall–Kier alpha value is -2.75. The van der Waals surface area contributed by atoms with Gasteiger partial charge in [-0.05, 0) is 38.3 Å². The number of ether oxygens (including phenoxy) is 1. The molecule has 0 spiro atoms. The van der Waals surface area contributed by atoms with E-state index in [9.17, 15) is 9.18 Å². The first-order chi connectivity index (χ1) is 15.6. The van der Waals surface area contributed by atoms with Crippen LogP contribution in [0.2, 0.25) is 0 Å². The molecular formula is C23H28ClFN6O2. The number of halogens is 2. The minimum Gasteiger partial charge on any atom is -0.491 e. The third-order valence-corrected chi connectivity index (χ3v) is 6.74. The lowest BCUT2D eigenvalue weighted by Gasteiger charge is -2.20. The van der Waals surface area contributed by atoms with Gasteiger partial charge in [-0.25, -0.2) is 9.38 Å². The van der Waals surface area contributed by atoms with E-state index in [0.29, 0.717) is 28.1 Å². The van der Waals surface area contributed by atoms with Crippen molar-refractivity contribution in [3.05, 3.63) is 51.7 Å². The number of carbonyl (C=O) groups is 1. The van der Waals surface area contributed by atoms with E-state index < -0.39 is 5.82 Å². The highest BCUT2D eigenvalue weighted by Crippen LogP contribution is 2.28. The van der Waals surface area contributed by atoms with E-state index in [4.69, 9.17) is 27.5 Å². The lowest BCUT2D eigenvalue weighted by atomic mass is 10.1. The maximum absolute atomic E-state index is 14.0. The van der Waals surface area contributed by atoms with Gasteiger partial charge in [0.1, 0.15) is 24.0 Å². The second-order valence-electron chi connectivity index (χ2n) is 8.78. The number of hydrogen-bond acceptors (Lipinski definition) is 7. The van der Waals surface area contributed by atoms with Crippen molar-refractivity contribution in [3.63, 3.8) is 0 Å². The number of amides is 1. The molecule has 3 aliphatic heterocycles. The normalized spacial score (nSPS) is 27.7. The standard InChI is InChI=1S/C23H28ClFN6O2/c1-11-6-15(30-21(11)27)10-33-19-7-14(25)4-5-16(19)23(32)31-8-17(18(26)9-31)22-28-12(2)20(24)13(3)29-22/h4-5,7,11,15,21,26,28,30H,6,8-10,27H2,1-3H3/b22-17+,26-18?. The summed E-state index contributed by atoms with van der Waals surface area (Å²) in [6, 6.07) is 3.91. The number of rotatable bonds is 4. The third kappa shape index (κ3) is 4.80. The van der Waals surface area contributed by atoms with E-state index in [2.05, 4.69) is 22.5 Å². The number of nitrogens with two attached hydrogens (primary N) is 1. The molecule has 3 aliphatic rings. The molecule has 3 unspecified atom stereocenters. The summed E-state index contributed by atoms with van der Waals surface area (Å²) >= 11 is 6.20.